The molecule has 5 rings (SSSR count). The van der Waals surface area contributed by atoms with Crippen LogP contribution >= 0.6 is 0 Å². The topological polar surface area (TPSA) is 90.5 Å². The number of carbonyl (C=O) groups excluding carboxylic acids is 1. The summed E-state index contributed by atoms with van der Waals surface area (Å²) < 4.78 is 20.1. The Morgan fingerprint density at radius 3 is 2.37 bits per heavy atom. The number of rotatable bonds is 4. The first kappa shape index (κ1) is 18.3. The molecule has 0 radical (unpaired) electrons. The zero-order valence-electron chi connectivity index (χ0n) is 15.7. The highest BCUT2D eigenvalue weighted by Crippen LogP contribution is 2.57. The van der Waals surface area contributed by atoms with E-state index in [2.05, 4.69) is 5.10 Å². The van der Waals surface area contributed by atoms with E-state index in [9.17, 15) is 19.3 Å². The van der Waals surface area contributed by atoms with Crippen molar-refractivity contribution >= 4 is 11.8 Å². The molecule has 2 aliphatic rings. The Hall–Kier alpha value is -3.75. The van der Waals surface area contributed by atoms with Crippen LogP contribution in [0.5, 0.6) is 5.75 Å². The van der Waals surface area contributed by atoms with Gasteiger partial charge in [0.1, 0.15) is 11.6 Å². The summed E-state index contributed by atoms with van der Waals surface area (Å²) in [5.74, 6) is 0.969. The number of hydrogen-bond donors (Lipinski definition) is 0. The molecule has 2 unspecified atom stereocenters. The van der Waals surface area contributed by atoms with Crippen molar-refractivity contribution in [3.63, 3.8) is 0 Å². The number of nitro groups is 1. The Labute approximate surface area is 170 Å². The minimum Gasteiger partial charge on any atom is -0.410 e. The van der Waals surface area contributed by atoms with E-state index >= 15 is 0 Å². The molecule has 0 bridgehead atoms. The molecule has 0 spiro atoms. The van der Waals surface area contributed by atoms with Crippen molar-refractivity contribution < 1.29 is 18.8 Å². The standard InChI is InChI=1S/C21H17FN4O4/c22-13-1-3-14(4-2-13)25-10-9-19(23-25)20-17-11-24(12-18(17)20)21(27)30-16-7-5-15(6-8-16)26(28)29/h1-10,17-18,20H,11-12H2. The molecule has 1 saturated heterocycles. The third kappa shape index (κ3) is 3.28. The Kier molecular flexibility index (Phi) is 4.23. The molecule has 1 aromatic heterocycles. The first-order valence-corrected chi connectivity index (χ1v) is 9.52. The molecule has 2 atom stereocenters. The van der Waals surface area contributed by atoms with Gasteiger partial charge in [0.05, 0.1) is 16.3 Å². The highest BCUT2D eigenvalue weighted by atomic mass is 19.1. The first-order chi connectivity index (χ1) is 14.5. The number of nitro benzene ring substituents is 1. The molecular formula is C21H17FN4O4. The lowest BCUT2D eigenvalue weighted by Crippen LogP contribution is -2.33. The number of non-ortho nitro benzene ring substituents is 1. The molecule has 3 aromatic rings. The van der Waals surface area contributed by atoms with Crippen molar-refractivity contribution in [2.45, 2.75) is 5.92 Å². The van der Waals surface area contributed by atoms with Crippen molar-refractivity contribution in [3.05, 3.63) is 82.4 Å². The van der Waals surface area contributed by atoms with Gasteiger partial charge >= 0.3 is 6.09 Å². The van der Waals surface area contributed by atoms with E-state index in [4.69, 9.17) is 4.74 Å². The zero-order valence-corrected chi connectivity index (χ0v) is 15.7. The van der Waals surface area contributed by atoms with Crippen LogP contribution in [0.1, 0.15) is 11.6 Å². The second-order valence-corrected chi connectivity index (χ2v) is 7.54. The molecule has 152 valence electrons. The van der Waals surface area contributed by atoms with E-state index in [0.29, 0.717) is 30.8 Å². The van der Waals surface area contributed by atoms with Gasteiger partial charge in [-0.05, 0) is 54.3 Å². The summed E-state index contributed by atoms with van der Waals surface area (Å²) in [4.78, 5) is 24.2. The molecule has 9 heteroatoms. The van der Waals surface area contributed by atoms with Gasteiger partial charge in [0.15, 0.2) is 0 Å². The summed E-state index contributed by atoms with van der Waals surface area (Å²) in [6, 6.07) is 13.6. The molecule has 2 fully saturated rings. The van der Waals surface area contributed by atoms with Gasteiger partial charge < -0.3 is 9.64 Å². The number of benzene rings is 2. The SMILES string of the molecule is O=C(Oc1ccc([N+](=O)[O-])cc1)N1CC2C(C1)C2c1ccn(-c2ccc(F)cc2)n1. The fourth-order valence-corrected chi connectivity index (χ4v) is 4.17. The van der Waals surface area contributed by atoms with Crippen LogP contribution in [0.4, 0.5) is 14.9 Å². The second-order valence-electron chi connectivity index (χ2n) is 7.54. The van der Waals surface area contributed by atoms with Crippen LogP contribution in [0, 0.1) is 27.8 Å². The van der Waals surface area contributed by atoms with Gasteiger partial charge in [-0.3, -0.25) is 10.1 Å². The minimum atomic E-state index is -0.503. The lowest BCUT2D eigenvalue weighted by atomic mass is 10.2. The van der Waals surface area contributed by atoms with Gasteiger partial charge in [0.25, 0.3) is 5.69 Å². The number of ether oxygens (including phenoxy) is 1. The van der Waals surface area contributed by atoms with Gasteiger partial charge in [-0.25, -0.2) is 13.9 Å². The van der Waals surface area contributed by atoms with Crippen LogP contribution in [0.2, 0.25) is 0 Å². The molecule has 1 saturated carbocycles. The maximum Gasteiger partial charge on any atom is 0.415 e. The predicted molar refractivity (Wildman–Crippen MR) is 104 cm³/mol. The normalized spacial score (nSPS) is 21.9. The van der Waals surface area contributed by atoms with Crippen LogP contribution in [0.15, 0.2) is 60.8 Å². The largest absolute Gasteiger partial charge is 0.415 e. The average Bonchev–Trinajstić information content (AvgIpc) is 3.11. The van der Waals surface area contributed by atoms with Crippen LogP contribution in [0.3, 0.4) is 0 Å². The number of aromatic nitrogens is 2. The molecule has 8 nitrogen and oxygen atoms in total. The number of carbonyl (C=O) groups is 1. The van der Waals surface area contributed by atoms with Gasteiger partial charge in [0, 0.05) is 37.3 Å². The predicted octanol–water partition coefficient (Wildman–Crippen LogP) is 3.76. The minimum absolute atomic E-state index is 0.0554. The highest BCUT2D eigenvalue weighted by molar-refractivity contribution is 5.71. The molecular weight excluding hydrogens is 391 g/mol. The number of halogens is 1. The van der Waals surface area contributed by atoms with E-state index in [1.165, 1.54) is 36.4 Å². The fourth-order valence-electron chi connectivity index (χ4n) is 4.17. The summed E-state index contributed by atoms with van der Waals surface area (Å²) in [5, 5.41) is 15.3. The van der Waals surface area contributed by atoms with Crippen molar-refractivity contribution in [2.75, 3.05) is 13.1 Å². The van der Waals surface area contributed by atoms with E-state index < -0.39 is 11.0 Å². The lowest BCUT2D eigenvalue weighted by Gasteiger charge is -2.18. The number of amides is 1. The molecule has 30 heavy (non-hydrogen) atoms. The van der Waals surface area contributed by atoms with Crippen LogP contribution in [-0.4, -0.2) is 38.8 Å². The van der Waals surface area contributed by atoms with Gasteiger partial charge in [-0.1, -0.05) is 0 Å². The van der Waals surface area contributed by atoms with E-state index in [-0.39, 0.29) is 17.3 Å². The quantitative estimate of drug-likeness (QED) is 0.484. The van der Waals surface area contributed by atoms with E-state index in [1.807, 2.05) is 12.3 Å². The number of likely N-dealkylation sites (tertiary alicyclic amines) is 1. The Balaban J connectivity index is 1.18. The summed E-state index contributed by atoms with van der Waals surface area (Å²) in [5.41, 5.74) is 1.71. The smallest absolute Gasteiger partial charge is 0.410 e. The highest BCUT2D eigenvalue weighted by Gasteiger charge is 2.58. The molecule has 1 aliphatic carbocycles. The fraction of sp³-hybridized carbons (Fsp3) is 0.238. The van der Waals surface area contributed by atoms with Crippen molar-refractivity contribution in [1.29, 1.82) is 0 Å². The third-order valence-electron chi connectivity index (χ3n) is 5.75. The summed E-state index contributed by atoms with van der Waals surface area (Å²) >= 11 is 0. The number of nitrogens with zero attached hydrogens (tertiary/aromatic N) is 4. The van der Waals surface area contributed by atoms with Crippen molar-refractivity contribution in [1.82, 2.24) is 14.7 Å². The van der Waals surface area contributed by atoms with Crippen LogP contribution in [0.25, 0.3) is 5.69 Å². The molecule has 2 heterocycles. The molecule has 0 N–H and O–H groups in total. The Bertz CT molecular complexity index is 1100. The average molecular weight is 408 g/mol. The number of hydrogen-bond acceptors (Lipinski definition) is 5. The molecule has 1 aliphatic heterocycles. The lowest BCUT2D eigenvalue weighted by molar-refractivity contribution is -0.384. The maximum absolute atomic E-state index is 13.1. The van der Waals surface area contributed by atoms with E-state index in [1.54, 1.807) is 21.7 Å². The summed E-state index contributed by atoms with van der Waals surface area (Å²) in [6.07, 6.45) is 1.41. The first-order valence-electron chi connectivity index (χ1n) is 9.52. The van der Waals surface area contributed by atoms with Crippen molar-refractivity contribution in [2.24, 2.45) is 11.8 Å². The maximum atomic E-state index is 13.1. The van der Waals surface area contributed by atoms with Gasteiger partial charge in [-0.15, -0.1) is 0 Å². The van der Waals surface area contributed by atoms with Gasteiger partial charge in [-0.2, -0.15) is 5.10 Å². The zero-order chi connectivity index (χ0) is 20.8. The monoisotopic (exact) mass is 408 g/mol. The Morgan fingerprint density at radius 1 is 1.07 bits per heavy atom. The third-order valence-corrected chi connectivity index (χ3v) is 5.75. The second kappa shape index (κ2) is 6.94. The summed E-state index contributed by atoms with van der Waals surface area (Å²) in [6.45, 7) is 1.18. The Morgan fingerprint density at radius 2 is 1.73 bits per heavy atom. The molecule has 2 aromatic carbocycles. The molecule has 1 amide bonds. The number of fused-ring (bicyclic) bond motifs is 1. The van der Waals surface area contributed by atoms with Gasteiger partial charge in [0.2, 0.25) is 0 Å². The summed E-state index contributed by atoms with van der Waals surface area (Å²) in [7, 11) is 0. The van der Waals surface area contributed by atoms with Crippen LogP contribution < -0.4 is 4.74 Å². The van der Waals surface area contributed by atoms with Crippen LogP contribution in [-0.2, 0) is 0 Å². The van der Waals surface area contributed by atoms with E-state index in [0.717, 1.165) is 11.4 Å². The van der Waals surface area contributed by atoms with Crippen molar-refractivity contribution in [3.8, 4) is 11.4 Å². The number of piperidine rings is 1.